The number of likely N-dealkylation sites (tertiary alicyclic amines) is 1. The molecule has 5 rings (SSSR count). The molecular formula is C17H24N2O. The normalized spacial score (nSPS) is 47.5. The molecule has 3 heteroatoms. The molecule has 0 aromatic rings. The average molecular weight is 272 g/mol. The summed E-state index contributed by atoms with van der Waals surface area (Å²) in [6, 6.07) is 2.16. The molecule has 1 heterocycles. The fourth-order valence-corrected chi connectivity index (χ4v) is 6.11. The van der Waals surface area contributed by atoms with Crippen molar-refractivity contribution in [1.29, 1.82) is 5.26 Å². The summed E-state index contributed by atoms with van der Waals surface area (Å²) in [5.41, 5.74) is 0.522. The fraction of sp³-hybridized carbons (Fsp3) is 0.882. The number of ketones is 1. The lowest BCUT2D eigenvalue weighted by Gasteiger charge is -2.58. The van der Waals surface area contributed by atoms with Crippen molar-refractivity contribution < 1.29 is 4.79 Å². The number of rotatable bonds is 2. The first-order valence-corrected chi connectivity index (χ1v) is 8.30. The van der Waals surface area contributed by atoms with E-state index in [0.717, 1.165) is 37.3 Å². The summed E-state index contributed by atoms with van der Waals surface area (Å²) in [5, 5.41) is 8.96. The van der Waals surface area contributed by atoms with Crippen LogP contribution in [0.25, 0.3) is 0 Å². The quantitative estimate of drug-likeness (QED) is 0.776. The van der Waals surface area contributed by atoms with E-state index in [-0.39, 0.29) is 11.7 Å². The highest BCUT2D eigenvalue weighted by atomic mass is 16.1. The van der Waals surface area contributed by atoms with Crippen LogP contribution in [0.15, 0.2) is 0 Å². The zero-order chi connectivity index (χ0) is 13.7. The van der Waals surface area contributed by atoms with Crippen molar-refractivity contribution >= 4 is 5.78 Å². The van der Waals surface area contributed by atoms with E-state index >= 15 is 0 Å². The molecule has 1 atom stereocenters. The number of hydrogen-bond acceptors (Lipinski definition) is 3. The molecule has 5 fully saturated rings. The van der Waals surface area contributed by atoms with Gasteiger partial charge in [-0.05, 0) is 68.1 Å². The minimum absolute atomic E-state index is 0.156. The Bertz CT molecular complexity index is 429. The summed E-state index contributed by atoms with van der Waals surface area (Å²) in [6.45, 7) is 2.60. The van der Waals surface area contributed by atoms with Gasteiger partial charge in [0.25, 0.3) is 0 Å². The van der Waals surface area contributed by atoms with Crippen molar-refractivity contribution in [1.82, 2.24) is 4.90 Å². The standard InChI is InChI=1S/C17H24N2O/c18-9-15-1-2-19(10-16(15)20)11-17-6-12-3-13(7-17)5-14(4-12)8-17/h12-15H,1-8,10-11H2. The van der Waals surface area contributed by atoms with Gasteiger partial charge in [0.1, 0.15) is 5.92 Å². The topological polar surface area (TPSA) is 44.1 Å². The van der Waals surface area contributed by atoms with Gasteiger partial charge in [-0.15, -0.1) is 0 Å². The zero-order valence-corrected chi connectivity index (χ0v) is 12.2. The van der Waals surface area contributed by atoms with E-state index in [4.69, 9.17) is 5.26 Å². The van der Waals surface area contributed by atoms with E-state index in [1.54, 1.807) is 0 Å². The van der Waals surface area contributed by atoms with Gasteiger partial charge in [0.2, 0.25) is 0 Å². The molecule has 4 saturated carbocycles. The Labute approximate surface area is 121 Å². The predicted molar refractivity (Wildman–Crippen MR) is 75.8 cm³/mol. The minimum Gasteiger partial charge on any atom is -0.297 e. The molecule has 20 heavy (non-hydrogen) atoms. The van der Waals surface area contributed by atoms with Crippen LogP contribution in [0.4, 0.5) is 0 Å². The van der Waals surface area contributed by atoms with Gasteiger partial charge in [0.15, 0.2) is 5.78 Å². The summed E-state index contributed by atoms with van der Waals surface area (Å²) < 4.78 is 0. The van der Waals surface area contributed by atoms with Crippen LogP contribution in [-0.4, -0.2) is 30.3 Å². The van der Waals surface area contributed by atoms with Crippen molar-refractivity contribution in [2.45, 2.75) is 44.9 Å². The summed E-state index contributed by atoms with van der Waals surface area (Å²) in [4.78, 5) is 14.3. The number of nitrogens with zero attached hydrogens (tertiary/aromatic N) is 2. The Morgan fingerprint density at radius 3 is 2.25 bits per heavy atom. The summed E-state index contributed by atoms with van der Waals surface area (Å²) in [5.74, 6) is 2.77. The molecule has 4 bridgehead atoms. The van der Waals surface area contributed by atoms with Gasteiger partial charge in [-0.25, -0.2) is 0 Å². The lowest BCUT2D eigenvalue weighted by atomic mass is 9.49. The molecule has 5 aliphatic rings. The molecule has 0 aromatic carbocycles. The van der Waals surface area contributed by atoms with E-state index in [0.29, 0.717) is 12.0 Å². The number of piperidine rings is 1. The average Bonchev–Trinajstić information content (AvgIpc) is 2.36. The molecule has 108 valence electrons. The first-order valence-electron chi connectivity index (χ1n) is 8.30. The molecule has 0 amide bonds. The van der Waals surface area contributed by atoms with Crippen LogP contribution in [-0.2, 0) is 4.79 Å². The van der Waals surface area contributed by atoms with Crippen LogP contribution < -0.4 is 0 Å². The number of hydrogen-bond donors (Lipinski definition) is 0. The third kappa shape index (κ3) is 2.09. The molecule has 4 aliphatic carbocycles. The first-order chi connectivity index (χ1) is 9.66. The molecule has 0 spiro atoms. The molecule has 0 aromatic heterocycles. The smallest absolute Gasteiger partial charge is 0.163 e. The van der Waals surface area contributed by atoms with Crippen LogP contribution in [0.2, 0.25) is 0 Å². The van der Waals surface area contributed by atoms with Crippen molar-refractivity contribution in [2.75, 3.05) is 19.6 Å². The highest BCUT2D eigenvalue weighted by Gasteiger charge is 2.51. The second-order valence-electron chi connectivity index (χ2n) is 8.06. The van der Waals surface area contributed by atoms with Gasteiger partial charge in [-0.3, -0.25) is 9.69 Å². The second-order valence-corrected chi connectivity index (χ2v) is 8.06. The van der Waals surface area contributed by atoms with Crippen LogP contribution in [0, 0.1) is 40.4 Å². The Morgan fingerprint density at radius 1 is 1.15 bits per heavy atom. The molecule has 3 nitrogen and oxygen atoms in total. The van der Waals surface area contributed by atoms with E-state index < -0.39 is 0 Å². The van der Waals surface area contributed by atoms with E-state index in [9.17, 15) is 4.79 Å². The van der Waals surface area contributed by atoms with E-state index in [1.165, 1.54) is 38.5 Å². The van der Waals surface area contributed by atoms with Crippen LogP contribution in [0.1, 0.15) is 44.9 Å². The third-order valence-electron chi connectivity index (χ3n) is 6.38. The van der Waals surface area contributed by atoms with Crippen molar-refractivity contribution in [3.05, 3.63) is 0 Å². The van der Waals surface area contributed by atoms with Gasteiger partial charge < -0.3 is 0 Å². The second kappa shape index (κ2) is 4.56. The number of carbonyl (C=O) groups is 1. The number of nitriles is 1. The maximum absolute atomic E-state index is 12.0. The van der Waals surface area contributed by atoms with Gasteiger partial charge in [0, 0.05) is 13.1 Å². The maximum atomic E-state index is 12.0. The number of Topliss-reactive ketones (excluding diaryl/α,β-unsaturated/α-hetero) is 1. The van der Waals surface area contributed by atoms with E-state index in [1.807, 2.05) is 0 Å². The Balaban J connectivity index is 1.45. The highest BCUT2D eigenvalue weighted by molar-refractivity contribution is 5.85. The Morgan fingerprint density at radius 2 is 1.75 bits per heavy atom. The zero-order valence-electron chi connectivity index (χ0n) is 12.2. The summed E-state index contributed by atoms with van der Waals surface area (Å²) in [7, 11) is 0. The minimum atomic E-state index is -0.331. The first kappa shape index (κ1) is 12.8. The van der Waals surface area contributed by atoms with Crippen LogP contribution in [0.3, 0.4) is 0 Å². The van der Waals surface area contributed by atoms with E-state index in [2.05, 4.69) is 11.0 Å². The largest absolute Gasteiger partial charge is 0.297 e. The Kier molecular flexibility index (Phi) is 2.93. The predicted octanol–water partition coefficient (Wildman–Crippen LogP) is 2.62. The van der Waals surface area contributed by atoms with Gasteiger partial charge >= 0.3 is 0 Å². The third-order valence-corrected chi connectivity index (χ3v) is 6.38. The van der Waals surface area contributed by atoms with Crippen molar-refractivity contribution in [3.8, 4) is 6.07 Å². The fourth-order valence-electron chi connectivity index (χ4n) is 6.11. The molecule has 1 saturated heterocycles. The molecule has 0 radical (unpaired) electrons. The summed E-state index contributed by atoms with van der Waals surface area (Å²) >= 11 is 0. The Hall–Kier alpha value is -0.880. The molecule has 0 N–H and O–H groups in total. The molecular weight excluding hydrogens is 248 g/mol. The van der Waals surface area contributed by atoms with Crippen molar-refractivity contribution in [2.24, 2.45) is 29.1 Å². The highest BCUT2D eigenvalue weighted by Crippen LogP contribution is 2.60. The van der Waals surface area contributed by atoms with Gasteiger partial charge in [-0.1, -0.05) is 0 Å². The lowest BCUT2D eigenvalue weighted by Crippen LogP contribution is -2.53. The SMILES string of the molecule is N#CC1CCN(CC23CC4CC(CC(C4)C2)C3)CC1=O. The molecule has 1 unspecified atom stereocenters. The maximum Gasteiger partial charge on any atom is 0.163 e. The summed E-state index contributed by atoms with van der Waals surface area (Å²) in [6.07, 6.45) is 9.42. The monoisotopic (exact) mass is 272 g/mol. The lowest BCUT2D eigenvalue weighted by molar-refractivity contribution is -0.127. The van der Waals surface area contributed by atoms with Crippen LogP contribution >= 0.6 is 0 Å². The van der Waals surface area contributed by atoms with Crippen LogP contribution in [0.5, 0.6) is 0 Å². The number of carbonyl (C=O) groups excluding carboxylic acids is 1. The van der Waals surface area contributed by atoms with Gasteiger partial charge in [-0.2, -0.15) is 5.26 Å². The van der Waals surface area contributed by atoms with Crippen molar-refractivity contribution in [3.63, 3.8) is 0 Å². The van der Waals surface area contributed by atoms with Gasteiger partial charge in [0.05, 0.1) is 12.6 Å². The molecule has 1 aliphatic heterocycles.